The minimum atomic E-state index is -3.04. The van der Waals surface area contributed by atoms with Crippen molar-refractivity contribution in [3.63, 3.8) is 0 Å². The maximum Gasteiger partial charge on any atom is 0.237 e. The molecule has 2 atom stereocenters. The molecule has 2 aromatic rings. The van der Waals surface area contributed by atoms with Gasteiger partial charge >= 0.3 is 0 Å². The Balaban J connectivity index is 1.41. The van der Waals surface area contributed by atoms with E-state index in [0.29, 0.717) is 13.0 Å². The van der Waals surface area contributed by atoms with Crippen molar-refractivity contribution in [2.45, 2.75) is 63.1 Å². The van der Waals surface area contributed by atoms with Gasteiger partial charge in [-0.25, -0.2) is 8.42 Å². The highest BCUT2D eigenvalue weighted by molar-refractivity contribution is 7.91. The van der Waals surface area contributed by atoms with Crippen LogP contribution in [0, 0.1) is 0 Å². The Morgan fingerprint density at radius 1 is 1.03 bits per heavy atom. The van der Waals surface area contributed by atoms with E-state index in [1.54, 1.807) is 11.3 Å². The van der Waals surface area contributed by atoms with Crippen LogP contribution >= 0.6 is 11.3 Å². The average molecular weight is 473 g/mol. The SMILES string of the molecule is O=C(CN1CCc2sccc2C1c1ccccc1)N(C1CCCCC1)C1CCS(=O)(=O)C1. The maximum absolute atomic E-state index is 13.8. The molecule has 5 nitrogen and oxygen atoms in total. The monoisotopic (exact) mass is 472 g/mol. The van der Waals surface area contributed by atoms with Crippen molar-refractivity contribution in [3.05, 3.63) is 57.8 Å². The Hall–Kier alpha value is -1.70. The molecule has 1 saturated heterocycles. The molecule has 1 aliphatic carbocycles. The van der Waals surface area contributed by atoms with E-state index in [1.165, 1.54) is 22.4 Å². The van der Waals surface area contributed by atoms with E-state index in [0.717, 1.165) is 38.6 Å². The lowest BCUT2D eigenvalue weighted by atomic mass is 9.92. The summed E-state index contributed by atoms with van der Waals surface area (Å²) >= 11 is 1.81. The molecule has 1 aromatic heterocycles. The molecule has 0 spiro atoms. The highest BCUT2D eigenvalue weighted by Crippen LogP contribution is 2.38. The van der Waals surface area contributed by atoms with Gasteiger partial charge in [0.25, 0.3) is 0 Å². The van der Waals surface area contributed by atoms with Crippen molar-refractivity contribution >= 4 is 27.1 Å². The predicted octanol–water partition coefficient (Wildman–Crippen LogP) is 4.04. The number of carbonyl (C=O) groups is 1. The van der Waals surface area contributed by atoms with Crippen LogP contribution in [0.25, 0.3) is 0 Å². The number of fused-ring (bicyclic) bond motifs is 1. The summed E-state index contributed by atoms with van der Waals surface area (Å²) in [5.74, 6) is 0.452. The summed E-state index contributed by atoms with van der Waals surface area (Å²) in [5, 5.41) is 2.16. The van der Waals surface area contributed by atoms with E-state index in [4.69, 9.17) is 0 Å². The number of benzene rings is 1. The number of amides is 1. The minimum absolute atomic E-state index is 0.0793. The van der Waals surface area contributed by atoms with Gasteiger partial charge in [0, 0.05) is 23.5 Å². The number of hydrogen-bond acceptors (Lipinski definition) is 5. The fourth-order valence-electron chi connectivity index (χ4n) is 5.88. The van der Waals surface area contributed by atoms with E-state index in [2.05, 4.69) is 40.6 Å². The molecule has 0 bridgehead atoms. The van der Waals surface area contributed by atoms with Crippen molar-refractivity contribution in [2.75, 3.05) is 24.6 Å². The molecule has 0 radical (unpaired) electrons. The van der Waals surface area contributed by atoms with Gasteiger partial charge in [-0.05, 0) is 48.3 Å². The van der Waals surface area contributed by atoms with Gasteiger partial charge in [-0.15, -0.1) is 11.3 Å². The number of nitrogens with zero attached hydrogens (tertiary/aromatic N) is 2. The van der Waals surface area contributed by atoms with Crippen LogP contribution in [0.4, 0.5) is 0 Å². The van der Waals surface area contributed by atoms with Crippen LogP contribution < -0.4 is 0 Å². The van der Waals surface area contributed by atoms with Crippen LogP contribution in [0.5, 0.6) is 0 Å². The molecule has 7 heteroatoms. The summed E-state index contributed by atoms with van der Waals surface area (Å²) in [6.07, 6.45) is 7.01. The first kappa shape index (κ1) is 22.1. The van der Waals surface area contributed by atoms with Crippen LogP contribution in [0.15, 0.2) is 41.8 Å². The largest absolute Gasteiger partial charge is 0.335 e. The molecule has 2 unspecified atom stereocenters. The highest BCUT2D eigenvalue weighted by atomic mass is 32.2. The van der Waals surface area contributed by atoms with Gasteiger partial charge in [-0.1, -0.05) is 49.6 Å². The number of hydrogen-bond donors (Lipinski definition) is 0. The highest BCUT2D eigenvalue weighted by Gasteiger charge is 2.40. The summed E-state index contributed by atoms with van der Waals surface area (Å²) in [5.41, 5.74) is 2.53. The maximum atomic E-state index is 13.8. The van der Waals surface area contributed by atoms with Gasteiger partial charge in [0.05, 0.1) is 24.1 Å². The fraction of sp³-hybridized carbons (Fsp3) is 0.560. The summed E-state index contributed by atoms with van der Waals surface area (Å²) in [7, 11) is -3.04. The molecule has 32 heavy (non-hydrogen) atoms. The summed E-state index contributed by atoms with van der Waals surface area (Å²) in [4.78, 5) is 19.6. The molecular formula is C25H32N2O3S2. The Labute approximate surface area is 195 Å². The van der Waals surface area contributed by atoms with E-state index < -0.39 is 9.84 Å². The van der Waals surface area contributed by atoms with Crippen molar-refractivity contribution in [1.82, 2.24) is 9.80 Å². The second kappa shape index (κ2) is 9.27. The molecular weight excluding hydrogens is 440 g/mol. The second-order valence-electron chi connectivity index (χ2n) is 9.48. The zero-order chi connectivity index (χ0) is 22.1. The normalized spacial score (nSPS) is 26.0. The smallest absolute Gasteiger partial charge is 0.237 e. The lowest BCUT2D eigenvalue weighted by Crippen LogP contribution is -2.53. The number of sulfone groups is 1. The number of thiophene rings is 1. The van der Waals surface area contributed by atoms with Crippen LogP contribution in [-0.4, -0.2) is 60.8 Å². The molecule has 5 rings (SSSR count). The zero-order valence-electron chi connectivity index (χ0n) is 18.5. The Bertz CT molecular complexity index is 1040. The van der Waals surface area contributed by atoms with Crippen LogP contribution in [0.3, 0.4) is 0 Å². The average Bonchev–Trinajstić information content (AvgIpc) is 3.41. The summed E-state index contributed by atoms with van der Waals surface area (Å²) in [6, 6.07) is 12.8. The Kier molecular flexibility index (Phi) is 6.41. The Morgan fingerprint density at radius 2 is 1.81 bits per heavy atom. The van der Waals surface area contributed by atoms with Gasteiger partial charge in [0.1, 0.15) is 0 Å². The summed E-state index contributed by atoms with van der Waals surface area (Å²) in [6.45, 7) is 1.20. The third-order valence-corrected chi connectivity index (χ3v) is 10.1. The fourth-order valence-corrected chi connectivity index (χ4v) is 8.49. The van der Waals surface area contributed by atoms with Gasteiger partial charge in [-0.3, -0.25) is 9.69 Å². The van der Waals surface area contributed by atoms with E-state index in [-0.39, 0.29) is 35.5 Å². The van der Waals surface area contributed by atoms with Crippen molar-refractivity contribution in [1.29, 1.82) is 0 Å². The third-order valence-electron chi connectivity index (χ3n) is 7.38. The first-order valence-corrected chi connectivity index (χ1v) is 14.6. The van der Waals surface area contributed by atoms with Crippen molar-refractivity contribution in [3.8, 4) is 0 Å². The predicted molar refractivity (Wildman–Crippen MR) is 129 cm³/mol. The molecule has 2 aliphatic heterocycles. The van der Waals surface area contributed by atoms with Crippen molar-refractivity contribution < 1.29 is 13.2 Å². The van der Waals surface area contributed by atoms with Gasteiger partial charge in [0.15, 0.2) is 9.84 Å². The van der Waals surface area contributed by atoms with Gasteiger partial charge in [0.2, 0.25) is 5.91 Å². The lowest BCUT2D eigenvalue weighted by Gasteiger charge is -2.41. The first-order valence-electron chi connectivity index (χ1n) is 11.9. The van der Waals surface area contributed by atoms with E-state index in [1.807, 2.05) is 11.0 Å². The quantitative estimate of drug-likeness (QED) is 0.659. The number of carbonyl (C=O) groups excluding carboxylic acids is 1. The summed E-state index contributed by atoms with van der Waals surface area (Å²) < 4.78 is 24.5. The second-order valence-corrected chi connectivity index (χ2v) is 12.7. The molecule has 3 heterocycles. The molecule has 3 aliphatic rings. The topological polar surface area (TPSA) is 57.7 Å². The molecule has 172 valence electrons. The number of rotatable bonds is 5. The van der Waals surface area contributed by atoms with Gasteiger partial charge < -0.3 is 4.90 Å². The Morgan fingerprint density at radius 3 is 2.53 bits per heavy atom. The van der Waals surface area contributed by atoms with E-state index in [9.17, 15) is 13.2 Å². The first-order chi connectivity index (χ1) is 15.5. The van der Waals surface area contributed by atoms with E-state index >= 15 is 0 Å². The van der Waals surface area contributed by atoms with Crippen LogP contribution in [0.2, 0.25) is 0 Å². The standard InChI is InChI=1S/C25H32N2O3S2/c28-24(27(20-9-5-2-6-10-20)21-13-16-32(29,30)18-21)17-26-14-11-23-22(12-15-31-23)25(26)19-7-3-1-4-8-19/h1,3-4,7-8,12,15,20-21,25H,2,5-6,9-11,13-14,16-18H2. The minimum Gasteiger partial charge on any atom is -0.335 e. The van der Waals surface area contributed by atoms with Crippen LogP contribution in [0.1, 0.15) is 60.6 Å². The molecule has 1 aromatic carbocycles. The third kappa shape index (κ3) is 4.52. The molecule has 0 N–H and O–H groups in total. The molecule has 1 saturated carbocycles. The zero-order valence-corrected chi connectivity index (χ0v) is 20.1. The molecule has 2 fully saturated rings. The van der Waals surface area contributed by atoms with Gasteiger partial charge in [-0.2, -0.15) is 0 Å². The van der Waals surface area contributed by atoms with Crippen molar-refractivity contribution in [2.24, 2.45) is 0 Å². The van der Waals surface area contributed by atoms with Crippen LogP contribution in [-0.2, 0) is 21.1 Å². The lowest BCUT2D eigenvalue weighted by molar-refractivity contribution is -0.138. The molecule has 1 amide bonds.